The molecule has 0 aromatic heterocycles. The third kappa shape index (κ3) is 7.51. The normalized spacial score (nSPS) is 10.6. The van der Waals surface area contributed by atoms with Gasteiger partial charge in [-0.05, 0) is 24.9 Å². The Morgan fingerprint density at radius 2 is 2.00 bits per heavy atom. The zero-order valence-corrected chi connectivity index (χ0v) is 12.0. The van der Waals surface area contributed by atoms with E-state index in [0.717, 1.165) is 12.0 Å². The van der Waals surface area contributed by atoms with Crippen molar-refractivity contribution in [2.75, 3.05) is 13.1 Å². The second-order valence-electron chi connectivity index (χ2n) is 4.16. The second kappa shape index (κ2) is 10.2. The van der Waals surface area contributed by atoms with Gasteiger partial charge in [0.1, 0.15) is 0 Å². The molecule has 0 atom stereocenters. The van der Waals surface area contributed by atoms with Gasteiger partial charge in [0, 0.05) is 19.6 Å². The predicted molar refractivity (Wildman–Crippen MR) is 86.5 cm³/mol. The van der Waals surface area contributed by atoms with Crippen LogP contribution in [0.2, 0.25) is 0 Å². The number of aliphatic imine (C=N–C) groups is 2. The molecule has 0 saturated heterocycles. The van der Waals surface area contributed by atoms with Crippen LogP contribution in [-0.4, -0.2) is 31.8 Å². The maximum Gasteiger partial charge on any atom is 0.315 e. The van der Waals surface area contributed by atoms with Gasteiger partial charge in [-0.2, -0.15) is 0 Å². The van der Waals surface area contributed by atoms with Gasteiger partial charge in [-0.15, -0.1) is 0 Å². The van der Waals surface area contributed by atoms with E-state index >= 15 is 0 Å². The van der Waals surface area contributed by atoms with Crippen LogP contribution in [0.1, 0.15) is 12.0 Å². The minimum Gasteiger partial charge on any atom is -0.338 e. The molecule has 1 aromatic carbocycles. The Kier molecular flexibility index (Phi) is 7.97. The van der Waals surface area contributed by atoms with Crippen molar-refractivity contribution in [1.29, 1.82) is 0 Å². The van der Waals surface area contributed by atoms with Crippen LogP contribution in [0.15, 0.2) is 53.1 Å². The topological polar surface area (TPSA) is 77.9 Å². The fourth-order valence-corrected chi connectivity index (χ4v) is 1.54. The van der Waals surface area contributed by atoms with Gasteiger partial charge in [0.05, 0.1) is 0 Å². The van der Waals surface area contributed by atoms with Crippen molar-refractivity contribution in [2.45, 2.75) is 13.0 Å². The molecule has 1 rings (SSSR count). The number of hydrogen-bond acceptors (Lipinski definition) is 2. The van der Waals surface area contributed by atoms with Crippen molar-refractivity contribution in [3.63, 3.8) is 0 Å². The number of nitrogens with zero attached hydrogens (tertiary/aromatic N) is 2. The number of urea groups is 1. The van der Waals surface area contributed by atoms with Gasteiger partial charge in [0.15, 0.2) is 0 Å². The van der Waals surface area contributed by atoms with Gasteiger partial charge in [-0.3, -0.25) is 4.99 Å². The van der Waals surface area contributed by atoms with Crippen LogP contribution < -0.4 is 16.0 Å². The fraction of sp³-hybridized carbons (Fsp3) is 0.267. The molecule has 0 aliphatic heterocycles. The summed E-state index contributed by atoms with van der Waals surface area (Å²) >= 11 is 0. The second-order valence-corrected chi connectivity index (χ2v) is 4.16. The highest BCUT2D eigenvalue weighted by Gasteiger charge is 1.99. The Hall–Kier alpha value is -2.63. The minimum absolute atomic E-state index is 0.186. The lowest BCUT2D eigenvalue weighted by Gasteiger charge is -2.07. The highest BCUT2D eigenvalue weighted by Crippen LogP contribution is 1.96. The first kappa shape index (κ1) is 16.4. The smallest absolute Gasteiger partial charge is 0.315 e. The number of rotatable bonds is 7. The van der Waals surface area contributed by atoms with Crippen LogP contribution >= 0.6 is 0 Å². The third-order valence-corrected chi connectivity index (χ3v) is 2.56. The molecule has 1 aromatic rings. The van der Waals surface area contributed by atoms with Crippen molar-refractivity contribution in [3.8, 4) is 0 Å². The van der Waals surface area contributed by atoms with Crippen LogP contribution in [0.4, 0.5) is 4.79 Å². The van der Waals surface area contributed by atoms with Crippen LogP contribution in [0.3, 0.4) is 0 Å². The quantitative estimate of drug-likeness (QED) is 0.405. The molecular weight excluding hydrogens is 266 g/mol. The van der Waals surface area contributed by atoms with Gasteiger partial charge in [-0.25, -0.2) is 9.79 Å². The van der Waals surface area contributed by atoms with E-state index < -0.39 is 0 Å². The Morgan fingerprint density at radius 1 is 1.24 bits per heavy atom. The van der Waals surface area contributed by atoms with E-state index in [9.17, 15) is 4.79 Å². The molecular formula is C15H21N5O. The van der Waals surface area contributed by atoms with E-state index in [1.165, 1.54) is 6.20 Å². The number of benzene rings is 1. The first-order valence-electron chi connectivity index (χ1n) is 6.70. The lowest BCUT2D eigenvalue weighted by atomic mass is 10.2. The summed E-state index contributed by atoms with van der Waals surface area (Å²) < 4.78 is 0. The molecule has 0 unspecified atom stereocenters. The molecule has 2 amide bonds. The standard InChI is InChI=1S/C15H21N5O/c1-3-17-14(16-2)18-10-7-11-19-15(21)20-12-13-8-5-4-6-9-13/h3-6,8-9H,1-2,7,10-12H2,(H,17,18)(H2,19,20,21). The Bertz CT molecular complexity index is 484. The predicted octanol–water partition coefficient (Wildman–Crippen LogP) is 1.67. The highest BCUT2D eigenvalue weighted by atomic mass is 16.2. The maximum atomic E-state index is 11.6. The van der Waals surface area contributed by atoms with Gasteiger partial charge >= 0.3 is 6.03 Å². The minimum atomic E-state index is -0.186. The van der Waals surface area contributed by atoms with Crippen LogP contribution in [0.25, 0.3) is 0 Å². The van der Waals surface area contributed by atoms with E-state index in [2.05, 4.69) is 39.2 Å². The molecule has 3 N–H and O–H groups in total. The molecule has 0 spiro atoms. The number of nitrogens with one attached hydrogen (secondary N) is 3. The van der Waals surface area contributed by atoms with E-state index in [1.54, 1.807) is 0 Å². The van der Waals surface area contributed by atoms with E-state index in [0.29, 0.717) is 25.6 Å². The van der Waals surface area contributed by atoms with Crippen LogP contribution in [-0.2, 0) is 6.54 Å². The molecule has 112 valence electrons. The largest absolute Gasteiger partial charge is 0.338 e. The van der Waals surface area contributed by atoms with Gasteiger partial charge in [-0.1, -0.05) is 36.9 Å². The molecule has 21 heavy (non-hydrogen) atoms. The zero-order valence-electron chi connectivity index (χ0n) is 12.0. The average molecular weight is 287 g/mol. The summed E-state index contributed by atoms with van der Waals surface area (Å²) in [6.45, 7) is 8.51. The maximum absolute atomic E-state index is 11.6. The van der Waals surface area contributed by atoms with Crippen molar-refractivity contribution in [1.82, 2.24) is 16.0 Å². The van der Waals surface area contributed by atoms with E-state index in [1.807, 2.05) is 30.3 Å². The van der Waals surface area contributed by atoms with Crippen molar-refractivity contribution < 1.29 is 4.79 Å². The fourth-order valence-electron chi connectivity index (χ4n) is 1.54. The molecule has 0 fully saturated rings. The molecule has 0 radical (unpaired) electrons. The molecule has 6 nitrogen and oxygen atoms in total. The number of carbonyl (C=O) groups is 1. The summed E-state index contributed by atoms with van der Waals surface area (Å²) in [6, 6.07) is 9.56. The Labute approximate surface area is 125 Å². The lowest BCUT2D eigenvalue weighted by Crippen LogP contribution is -2.35. The summed E-state index contributed by atoms with van der Waals surface area (Å²) in [5, 5.41) is 8.32. The summed E-state index contributed by atoms with van der Waals surface area (Å²) in [4.78, 5) is 19.4. The van der Waals surface area contributed by atoms with Gasteiger partial charge in [0.25, 0.3) is 0 Å². The Morgan fingerprint density at radius 3 is 2.67 bits per heavy atom. The number of guanidine groups is 1. The van der Waals surface area contributed by atoms with E-state index in [-0.39, 0.29) is 6.03 Å². The SMILES string of the molecule is C=CNC(N=C)=NCCCNC(=O)NCc1ccccc1. The van der Waals surface area contributed by atoms with Gasteiger partial charge in [0.2, 0.25) is 5.96 Å². The molecule has 0 aliphatic carbocycles. The summed E-state index contributed by atoms with van der Waals surface area (Å²) in [7, 11) is 0. The molecule has 0 saturated carbocycles. The Balaban J connectivity index is 2.13. The first-order chi connectivity index (χ1) is 10.3. The summed E-state index contributed by atoms with van der Waals surface area (Å²) in [6.07, 6.45) is 2.21. The van der Waals surface area contributed by atoms with Gasteiger partial charge < -0.3 is 16.0 Å². The van der Waals surface area contributed by atoms with Crippen molar-refractivity contribution in [3.05, 3.63) is 48.7 Å². The summed E-state index contributed by atoms with van der Waals surface area (Å²) in [5.74, 6) is 0.429. The zero-order chi connectivity index (χ0) is 15.3. The highest BCUT2D eigenvalue weighted by molar-refractivity contribution is 5.84. The molecule has 0 aliphatic rings. The lowest BCUT2D eigenvalue weighted by molar-refractivity contribution is 0.240. The average Bonchev–Trinajstić information content (AvgIpc) is 2.52. The monoisotopic (exact) mass is 287 g/mol. The molecule has 0 bridgehead atoms. The van der Waals surface area contributed by atoms with Crippen LogP contribution in [0.5, 0.6) is 0 Å². The molecule has 0 heterocycles. The van der Waals surface area contributed by atoms with E-state index in [4.69, 9.17) is 0 Å². The number of hydrogen-bond donors (Lipinski definition) is 3. The number of carbonyl (C=O) groups excluding carboxylic acids is 1. The van der Waals surface area contributed by atoms with Crippen molar-refractivity contribution >= 4 is 18.7 Å². The molecule has 6 heteroatoms. The summed E-state index contributed by atoms with van der Waals surface area (Å²) in [5.41, 5.74) is 1.06. The first-order valence-corrected chi connectivity index (χ1v) is 6.70. The van der Waals surface area contributed by atoms with Crippen molar-refractivity contribution in [2.24, 2.45) is 9.98 Å². The van der Waals surface area contributed by atoms with Crippen LogP contribution in [0, 0.1) is 0 Å². The third-order valence-electron chi connectivity index (χ3n) is 2.56. The number of amides is 2.